The lowest BCUT2D eigenvalue weighted by molar-refractivity contribution is -0.138. The van der Waals surface area contributed by atoms with Crippen LogP contribution in [0, 0.1) is 6.92 Å². The van der Waals surface area contributed by atoms with Crippen LogP contribution < -0.4 is 14.4 Å². The molecule has 11 heteroatoms. The maximum absolute atomic E-state index is 14.2. The molecule has 1 amide bonds. The number of aryl methyl sites for hydroxylation is 1. The van der Waals surface area contributed by atoms with E-state index in [9.17, 15) is 14.4 Å². The van der Waals surface area contributed by atoms with Gasteiger partial charge in [0.2, 0.25) is 0 Å². The van der Waals surface area contributed by atoms with Gasteiger partial charge in [-0.1, -0.05) is 47.9 Å². The number of thiocarbonyl (C=S) groups is 1. The lowest BCUT2D eigenvalue weighted by atomic mass is 9.82. The van der Waals surface area contributed by atoms with Crippen molar-refractivity contribution in [2.24, 2.45) is 0 Å². The van der Waals surface area contributed by atoms with Gasteiger partial charge < -0.3 is 18.9 Å². The summed E-state index contributed by atoms with van der Waals surface area (Å²) in [6.07, 6.45) is 0. The van der Waals surface area contributed by atoms with Crippen molar-refractivity contribution in [3.63, 3.8) is 0 Å². The number of thioether (sulfide) groups is 2. The largest absolute Gasteiger partial charge is 0.497 e. The summed E-state index contributed by atoms with van der Waals surface area (Å²) in [7, 11) is 5.56. The summed E-state index contributed by atoms with van der Waals surface area (Å²) in [4.78, 5) is 41.6. The molecule has 2 aromatic carbocycles. The van der Waals surface area contributed by atoms with Crippen LogP contribution in [0.4, 0.5) is 5.69 Å². The van der Waals surface area contributed by atoms with Crippen molar-refractivity contribution in [3.05, 3.63) is 67.1 Å². The Labute approximate surface area is 240 Å². The molecule has 0 saturated heterocycles. The first-order valence-electron chi connectivity index (χ1n) is 11.7. The highest BCUT2D eigenvalue weighted by molar-refractivity contribution is 8.29. The SMILES string of the molecule is COC(=O)C1=C(C(=O)OC)SC(=C2C(=S)C(C)(C)N(C(=O)c3cc(OC)cc(OC)c3)c3cc(C)ccc32)S1. The Morgan fingerprint density at radius 3 is 1.87 bits per heavy atom. The van der Waals surface area contributed by atoms with Crippen molar-refractivity contribution in [3.8, 4) is 11.5 Å². The van der Waals surface area contributed by atoms with Gasteiger partial charge >= 0.3 is 11.9 Å². The van der Waals surface area contributed by atoms with Crippen LogP contribution in [-0.4, -0.2) is 56.7 Å². The fraction of sp³-hybridized carbons (Fsp3) is 0.286. The van der Waals surface area contributed by atoms with E-state index in [0.717, 1.165) is 29.1 Å². The first-order valence-corrected chi connectivity index (χ1v) is 13.8. The minimum atomic E-state index is -0.966. The van der Waals surface area contributed by atoms with E-state index >= 15 is 0 Å². The van der Waals surface area contributed by atoms with Crippen molar-refractivity contribution < 1.29 is 33.3 Å². The van der Waals surface area contributed by atoms with Crippen molar-refractivity contribution in [1.29, 1.82) is 0 Å². The first kappa shape index (κ1) is 28.7. The second kappa shape index (κ2) is 11.1. The second-order valence-electron chi connectivity index (χ2n) is 9.16. The highest BCUT2D eigenvalue weighted by Crippen LogP contribution is 2.56. The van der Waals surface area contributed by atoms with Gasteiger partial charge in [0, 0.05) is 22.8 Å². The smallest absolute Gasteiger partial charge is 0.346 e. The zero-order valence-corrected chi connectivity index (χ0v) is 24.9. The molecule has 2 aliphatic heterocycles. The molecule has 0 bridgehead atoms. The van der Waals surface area contributed by atoms with Gasteiger partial charge in [-0.25, -0.2) is 9.59 Å². The average molecular weight is 586 g/mol. The number of nitrogens with zero attached hydrogens (tertiary/aromatic N) is 1. The molecular formula is C28H27NO7S3. The van der Waals surface area contributed by atoms with E-state index in [0.29, 0.717) is 43.0 Å². The van der Waals surface area contributed by atoms with E-state index in [2.05, 4.69) is 0 Å². The third-order valence-corrected chi connectivity index (χ3v) is 9.61. The Balaban J connectivity index is 1.92. The normalized spacial score (nSPS) is 16.2. The molecule has 204 valence electrons. The Hall–Kier alpha value is -3.28. The number of ether oxygens (including phenoxy) is 4. The van der Waals surface area contributed by atoms with Crippen LogP contribution in [0.3, 0.4) is 0 Å². The van der Waals surface area contributed by atoms with Gasteiger partial charge in [0.05, 0.1) is 48.8 Å². The lowest BCUT2D eigenvalue weighted by Crippen LogP contribution is -2.56. The minimum absolute atomic E-state index is 0.132. The molecule has 2 aliphatic rings. The van der Waals surface area contributed by atoms with E-state index in [4.69, 9.17) is 31.2 Å². The van der Waals surface area contributed by atoms with Crippen LogP contribution in [0.1, 0.15) is 35.3 Å². The van der Waals surface area contributed by atoms with Gasteiger partial charge in [-0.05, 0) is 44.5 Å². The van der Waals surface area contributed by atoms with E-state index in [1.807, 2.05) is 39.0 Å². The summed E-state index contributed by atoms with van der Waals surface area (Å²) >= 11 is 8.26. The summed E-state index contributed by atoms with van der Waals surface area (Å²) < 4.78 is 21.2. The highest BCUT2D eigenvalue weighted by Gasteiger charge is 2.46. The van der Waals surface area contributed by atoms with E-state index in [1.165, 1.54) is 28.4 Å². The molecular weight excluding hydrogens is 559 g/mol. The van der Waals surface area contributed by atoms with Gasteiger partial charge in [-0.15, -0.1) is 0 Å². The van der Waals surface area contributed by atoms with Gasteiger partial charge in [-0.3, -0.25) is 9.69 Å². The number of amides is 1. The molecule has 4 rings (SSSR count). The number of rotatable bonds is 5. The molecule has 0 aromatic heterocycles. The number of anilines is 1. The van der Waals surface area contributed by atoms with Crippen LogP contribution in [-0.2, 0) is 19.1 Å². The number of fused-ring (bicyclic) bond motifs is 1. The zero-order valence-electron chi connectivity index (χ0n) is 22.5. The zero-order chi connectivity index (χ0) is 28.6. The van der Waals surface area contributed by atoms with Crippen LogP contribution in [0.2, 0.25) is 0 Å². The van der Waals surface area contributed by atoms with Gasteiger partial charge in [-0.2, -0.15) is 0 Å². The number of carbonyl (C=O) groups is 3. The number of carbonyl (C=O) groups excluding carboxylic acids is 3. The fourth-order valence-corrected chi connectivity index (χ4v) is 7.38. The minimum Gasteiger partial charge on any atom is -0.497 e. The second-order valence-corrected chi connectivity index (χ2v) is 11.9. The first-order chi connectivity index (χ1) is 18.5. The highest BCUT2D eigenvalue weighted by atomic mass is 32.2. The molecule has 0 spiro atoms. The van der Waals surface area contributed by atoms with Crippen LogP contribution >= 0.6 is 35.7 Å². The van der Waals surface area contributed by atoms with Crippen molar-refractivity contribution in [2.45, 2.75) is 26.3 Å². The number of hydrogen-bond acceptors (Lipinski definition) is 10. The van der Waals surface area contributed by atoms with E-state index in [1.54, 1.807) is 23.1 Å². The van der Waals surface area contributed by atoms with E-state index in [-0.39, 0.29) is 15.7 Å². The van der Waals surface area contributed by atoms with Crippen LogP contribution in [0.5, 0.6) is 11.5 Å². The van der Waals surface area contributed by atoms with Crippen molar-refractivity contribution in [2.75, 3.05) is 33.3 Å². The molecule has 39 heavy (non-hydrogen) atoms. The molecule has 0 unspecified atom stereocenters. The van der Waals surface area contributed by atoms with Crippen molar-refractivity contribution in [1.82, 2.24) is 0 Å². The van der Waals surface area contributed by atoms with Gasteiger partial charge in [0.25, 0.3) is 5.91 Å². The Kier molecular flexibility index (Phi) is 8.15. The Morgan fingerprint density at radius 1 is 0.846 bits per heavy atom. The fourth-order valence-electron chi connectivity index (χ4n) is 4.35. The van der Waals surface area contributed by atoms with Crippen molar-refractivity contribution >= 4 is 69.7 Å². The molecule has 8 nitrogen and oxygen atoms in total. The summed E-state index contributed by atoms with van der Waals surface area (Å²) in [6, 6.07) is 10.8. The summed E-state index contributed by atoms with van der Waals surface area (Å²) in [5, 5.41) is 0. The molecule has 2 aromatic rings. The third-order valence-electron chi connectivity index (χ3n) is 6.35. The monoisotopic (exact) mass is 585 g/mol. The molecule has 0 radical (unpaired) electrons. The number of esters is 2. The van der Waals surface area contributed by atoms with Gasteiger partial charge in [0.1, 0.15) is 21.3 Å². The number of hydrogen-bond donors (Lipinski definition) is 0. The summed E-state index contributed by atoms with van der Waals surface area (Å²) in [5.74, 6) is -0.601. The maximum Gasteiger partial charge on any atom is 0.346 e. The van der Waals surface area contributed by atoms with Crippen LogP contribution in [0.15, 0.2) is 50.4 Å². The molecule has 0 saturated carbocycles. The topological polar surface area (TPSA) is 91.4 Å². The average Bonchev–Trinajstić information content (AvgIpc) is 3.37. The predicted molar refractivity (Wildman–Crippen MR) is 157 cm³/mol. The summed E-state index contributed by atoms with van der Waals surface area (Å²) in [6.45, 7) is 5.68. The standard InChI is InChI=1S/C28H27NO7S3/c1-14-8-9-18-19(10-14)29(24(30)15-11-16(33-4)13-17(12-15)34-5)28(2,3)23(37)20(18)27-38-21(25(31)35-6)22(39-27)26(32)36-7/h8-13H,1-7H3. The molecule has 0 N–H and O–H groups in total. The van der Waals surface area contributed by atoms with E-state index < -0.39 is 17.5 Å². The Bertz CT molecular complexity index is 1420. The number of methoxy groups -OCH3 is 4. The van der Waals surface area contributed by atoms with Crippen LogP contribution in [0.25, 0.3) is 5.57 Å². The summed E-state index contributed by atoms with van der Waals surface area (Å²) in [5.41, 5.74) is 2.38. The van der Waals surface area contributed by atoms with Gasteiger partial charge in [0.15, 0.2) is 0 Å². The third kappa shape index (κ3) is 5.06. The molecule has 2 heterocycles. The molecule has 0 aliphatic carbocycles. The quantitative estimate of drug-likeness (QED) is 0.254. The number of benzene rings is 2. The lowest BCUT2D eigenvalue weighted by Gasteiger charge is -2.45. The molecule has 0 atom stereocenters. The maximum atomic E-state index is 14.2. The Morgan fingerprint density at radius 2 is 1.38 bits per heavy atom. The predicted octanol–water partition coefficient (Wildman–Crippen LogP) is 5.53. The molecule has 0 fully saturated rings.